The van der Waals surface area contributed by atoms with E-state index in [4.69, 9.17) is 4.74 Å². The summed E-state index contributed by atoms with van der Waals surface area (Å²) in [7, 11) is 3.51. The van der Waals surface area contributed by atoms with Gasteiger partial charge >= 0.3 is 0 Å². The smallest absolute Gasteiger partial charge is 0.236 e. The molecule has 0 atom stereocenters. The molecule has 1 amide bonds. The van der Waals surface area contributed by atoms with Gasteiger partial charge in [-0.3, -0.25) is 4.79 Å². The van der Waals surface area contributed by atoms with Crippen LogP contribution >= 0.6 is 0 Å². The average molecular weight is 236 g/mol. The number of carbonyl (C=O) groups excluding carboxylic acids is 1. The summed E-state index contributed by atoms with van der Waals surface area (Å²) in [6, 6.07) is 9.72. The van der Waals surface area contributed by atoms with Crippen molar-refractivity contribution in [1.82, 2.24) is 10.2 Å². The molecule has 0 heterocycles. The molecular weight excluding hydrogens is 216 g/mol. The van der Waals surface area contributed by atoms with Gasteiger partial charge in [0.2, 0.25) is 5.91 Å². The van der Waals surface area contributed by atoms with Crippen LogP contribution in [0.5, 0.6) is 5.75 Å². The summed E-state index contributed by atoms with van der Waals surface area (Å²) in [4.78, 5) is 12.8. The minimum atomic E-state index is 0.0916. The number of carbonyl (C=O) groups is 1. The maximum absolute atomic E-state index is 11.2. The van der Waals surface area contributed by atoms with Crippen molar-refractivity contribution in [3.63, 3.8) is 0 Å². The normalized spacial score (nSPS) is 10.0. The van der Waals surface area contributed by atoms with E-state index < -0.39 is 0 Å². The fourth-order valence-electron chi connectivity index (χ4n) is 1.26. The molecule has 1 aromatic carbocycles. The number of nitrogens with zero attached hydrogens (tertiary/aromatic N) is 1. The van der Waals surface area contributed by atoms with Crippen LogP contribution in [0.2, 0.25) is 0 Å². The van der Waals surface area contributed by atoms with Crippen LogP contribution in [-0.4, -0.2) is 44.6 Å². The number of amides is 1. The van der Waals surface area contributed by atoms with Crippen molar-refractivity contribution >= 4 is 5.91 Å². The third kappa shape index (κ3) is 5.92. The number of hydrogen-bond donors (Lipinski definition) is 1. The van der Waals surface area contributed by atoms with Gasteiger partial charge in [-0.15, -0.1) is 0 Å². The van der Waals surface area contributed by atoms with Crippen molar-refractivity contribution < 1.29 is 9.53 Å². The van der Waals surface area contributed by atoms with Crippen LogP contribution in [-0.2, 0) is 4.79 Å². The number of rotatable bonds is 7. The molecular formula is C13H20N2O2. The van der Waals surface area contributed by atoms with Gasteiger partial charge < -0.3 is 15.0 Å². The van der Waals surface area contributed by atoms with Crippen LogP contribution in [0, 0.1) is 0 Å². The molecule has 0 saturated carbocycles. The zero-order chi connectivity index (χ0) is 12.5. The molecule has 0 fully saturated rings. The number of likely N-dealkylation sites (N-methyl/N-ethyl adjacent to an activating group) is 1. The van der Waals surface area contributed by atoms with Crippen molar-refractivity contribution in [1.29, 1.82) is 0 Å². The number of ether oxygens (including phenoxy) is 1. The third-order valence-electron chi connectivity index (χ3n) is 2.28. The van der Waals surface area contributed by atoms with Crippen molar-refractivity contribution in [2.24, 2.45) is 0 Å². The molecule has 1 N–H and O–H groups in total. The van der Waals surface area contributed by atoms with Crippen molar-refractivity contribution in [2.45, 2.75) is 6.42 Å². The van der Waals surface area contributed by atoms with Gasteiger partial charge in [0.15, 0.2) is 0 Å². The fraction of sp³-hybridized carbons (Fsp3) is 0.462. The highest BCUT2D eigenvalue weighted by Crippen LogP contribution is 2.07. The number of hydrogen-bond acceptors (Lipinski definition) is 3. The Kier molecular flexibility index (Phi) is 6.10. The summed E-state index contributed by atoms with van der Waals surface area (Å²) in [5.41, 5.74) is 0. The van der Waals surface area contributed by atoms with Gasteiger partial charge in [0, 0.05) is 14.1 Å². The molecule has 0 unspecified atom stereocenters. The Labute approximate surface area is 103 Å². The molecule has 94 valence electrons. The summed E-state index contributed by atoms with van der Waals surface area (Å²) < 4.78 is 5.53. The van der Waals surface area contributed by atoms with Gasteiger partial charge in [-0.05, 0) is 25.1 Å². The molecule has 0 bridgehead atoms. The zero-order valence-corrected chi connectivity index (χ0v) is 10.5. The molecule has 1 rings (SSSR count). The zero-order valence-electron chi connectivity index (χ0n) is 10.5. The van der Waals surface area contributed by atoms with Crippen molar-refractivity contribution in [3.05, 3.63) is 30.3 Å². The van der Waals surface area contributed by atoms with Crippen molar-refractivity contribution in [2.75, 3.05) is 33.8 Å². The van der Waals surface area contributed by atoms with Crippen LogP contribution in [0.25, 0.3) is 0 Å². The first-order chi connectivity index (χ1) is 8.20. The van der Waals surface area contributed by atoms with E-state index in [-0.39, 0.29) is 5.91 Å². The number of benzene rings is 1. The molecule has 4 nitrogen and oxygen atoms in total. The minimum Gasteiger partial charge on any atom is -0.494 e. The van der Waals surface area contributed by atoms with E-state index in [9.17, 15) is 4.79 Å². The second-order valence-electron chi connectivity index (χ2n) is 3.98. The molecule has 0 aliphatic rings. The lowest BCUT2D eigenvalue weighted by atomic mass is 10.3. The summed E-state index contributed by atoms with van der Waals surface area (Å²) in [5.74, 6) is 0.978. The topological polar surface area (TPSA) is 41.6 Å². The molecule has 0 aliphatic heterocycles. The Hall–Kier alpha value is -1.55. The highest BCUT2D eigenvalue weighted by atomic mass is 16.5. The van der Waals surface area contributed by atoms with Crippen molar-refractivity contribution in [3.8, 4) is 5.75 Å². The Morgan fingerprint density at radius 2 is 2.00 bits per heavy atom. The van der Waals surface area contributed by atoms with E-state index in [1.165, 1.54) is 0 Å². The van der Waals surface area contributed by atoms with E-state index in [1.54, 1.807) is 19.0 Å². The largest absolute Gasteiger partial charge is 0.494 e. The Balaban J connectivity index is 2.00. The van der Waals surface area contributed by atoms with Gasteiger partial charge in [-0.1, -0.05) is 18.2 Å². The number of para-hydroxylation sites is 1. The predicted octanol–water partition coefficient (Wildman–Crippen LogP) is 1.13. The highest BCUT2D eigenvalue weighted by molar-refractivity contribution is 5.77. The highest BCUT2D eigenvalue weighted by Gasteiger charge is 2.01. The minimum absolute atomic E-state index is 0.0916. The summed E-state index contributed by atoms with van der Waals surface area (Å²) in [6.07, 6.45) is 0.885. The van der Waals surface area contributed by atoms with Crippen LogP contribution in [0.3, 0.4) is 0 Å². The standard InChI is InChI=1S/C13H20N2O2/c1-15(2)13(16)11-14-9-6-10-17-12-7-4-3-5-8-12/h3-5,7-8,14H,6,9-11H2,1-2H3. The monoisotopic (exact) mass is 236 g/mol. The van der Waals surface area contributed by atoms with E-state index in [0.717, 1.165) is 18.7 Å². The predicted molar refractivity (Wildman–Crippen MR) is 68.1 cm³/mol. The third-order valence-corrected chi connectivity index (χ3v) is 2.28. The van der Waals surface area contributed by atoms with Crippen LogP contribution in [0.1, 0.15) is 6.42 Å². The summed E-state index contributed by atoms with van der Waals surface area (Å²) >= 11 is 0. The van der Waals surface area contributed by atoms with E-state index in [2.05, 4.69) is 5.32 Å². The van der Waals surface area contributed by atoms with E-state index >= 15 is 0 Å². The van der Waals surface area contributed by atoms with Crippen LogP contribution in [0.4, 0.5) is 0 Å². The SMILES string of the molecule is CN(C)C(=O)CNCCCOc1ccccc1. The second kappa shape index (κ2) is 7.68. The Morgan fingerprint density at radius 1 is 1.29 bits per heavy atom. The quantitative estimate of drug-likeness (QED) is 0.722. The van der Waals surface area contributed by atoms with Gasteiger partial charge in [0.25, 0.3) is 0 Å². The van der Waals surface area contributed by atoms with Gasteiger partial charge in [-0.25, -0.2) is 0 Å². The van der Waals surface area contributed by atoms with Crippen LogP contribution in [0.15, 0.2) is 30.3 Å². The first kappa shape index (κ1) is 13.5. The van der Waals surface area contributed by atoms with E-state index in [0.29, 0.717) is 13.2 Å². The molecule has 1 aromatic rings. The lowest BCUT2D eigenvalue weighted by molar-refractivity contribution is -0.127. The molecule has 0 saturated heterocycles. The molecule has 0 spiro atoms. The summed E-state index contributed by atoms with van der Waals surface area (Å²) in [6.45, 7) is 1.83. The lowest BCUT2D eigenvalue weighted by Gasteiger charge is -2.11. The summed E-state index contributed by atoms with van der Waals surface area (Å²) in [5, 5.41) is 3.08. The van der Waals surface area contributed by atoms with Gasteiger partial charge in [0.05, 0.1) is 13.2 Å². The fourth-order valence-corrected chi connectivity index (χ4v) is 1.26. The molecule has 4 heteroatoms. The average Bonchev–Trinajstić information content (AvgIpc) is 2.34. The Morgan fingerprint density at radius 3 is 2.65 bits per heavy atom. The van der Waals surface area contributed by atoms with Gasteiger partial charge in [0.1, 0.15) is 5.75 Å². The first-order valence-corrected chi connectivity index (χ1v) is 5.79. The van der Waals surface area contributed by atoms with E-state index in [1.807, 2.05) is 30.3 Å². The Bertz CT molecular complexity index is 325. The molecule has 0 aliphatic carbocycles. The molecule has 17 heavy (non-hydrogen) atoms. The maximum atomic E-state index is 11.2. The number of nitrogens with one attached hydrogen (secondary N) is 1. The molecule has 0 radical (unpaired) electrons. The van der Waals surface area contributed by atoms with Crippen LogP contribution < -0.4 is 10.1 Å². The first-order valence-electron chi connectivity index (χ1n) is 5.79. The second-order valence-corrected chi connectivity index (χ2v) is 3.98. The molecule has 0 aromatic heterocycles. The van der Waals surface area contributed by atoms with Gasteiger partial charge in [-0.2, -0.15) is 0 Å². The lowest BCUT2D eigenvalue weighted by Crippen LogP contribution is -2.33. The maximum Gasteiger partial charge on any atom is 0.236 e.